The first-order valence-electron chi connectivity index (χ1n) is 3.97. The Balaban J connectivity index is 2.63. The fraction of sp³-hybridized carbons (Fsp3) is 0.286. The van der Waals surface area contributed by atoms with Crippen LogP contribution in [0.2, 0.25) is 0 Å². The van der Waals surface area contributed by atoms with Gasteiger partial charge in [-0.3, -0.25) is 0 Å². The van der Waals surface area contributed by atoms with Gasteiger partial charge in [-0.05, 0) is 6.92 Å². The molecule has 16 heavy (non-hydrogen) atoms. The van der Waals surface area contributed by atoms with Crippen molar-refractivity contribution in [2.45, 2.75) is 13.1 Å². The van der Waals surface area contributed by atoms with E-state index in [1.165, 1.54) is 6.92 Å². The molecule has 0 radical (unpaired) electrons. The lowest BCUT2D eigenvalue weighted by atomic mass is 10.4. The van der Waals surface area contributed by atoms with Crippen molar-refractivity contribution in [3.63, 3.8) is 0 Å². The lowest BCUT2D eigenvalue weighted by Gasteiger charge is -1.98. The number of thiazole rings is 1. The van der Waals surface area contributed by atoms with E-state index in [2.05, 4.69) is 10.1 Å². The summed E-state index contributed by atoms with van der Waals surface area (Å²) in [4.78, 5) is 13.8. The third kappa shape index (κ3) is 1.52. The average molecular weight is 251 g/mol. The van der Waals surface area contributed by atoms with E-state index >= 15 is 0 Å². The molecule has 0 spiro atoms. The van der Waals surface area contributed by atoms with Crippen LogP contribution < -0.4 is 0 Å². The van der Waals surface area contributed by atoms with Gasteiger partial charge in [0.25, 0.3) is 5.82 Å². The fourth-order valence-electron chi connectivity index (χ4n) is 1.16. The highest BCUT2D eigenvalue weighted by atomic mass is 32.1. The molecule has 0 aliphatic rings. The van der Waals surface area contributed by atoms with E-state index in [4.69, 9.17) is 5.11 Å². The Bertz CT molecular complexity index is 571. The number of fused-ring (bicyclic) bond motifs is 1. The van der Waals surface area contributed by atoms with Gasteiger partial charge in [0.05, 0.1) is 5.69 Å². The van der Waals surface area contributed by atoms with E-state index in [9.17, 15) is 18.0 Å². The molecule has 0 atom stereocenters. The van der Waals surface area contributed by atoms with Crippen molar-refractivity contribution in [3.8, 4) is 0 Å². The summed E-state index contributed by atoms with van der Waals surface area (Å²) in [5.74, 6) is -2.47. The molecule has 0 aromatic carbocycles. The summed E-state index contributed by atoms with van der Waals surface area (Å²) in [5.41, 5.74) is 0.135. The summed E-state index contributed by atoms with van der Waals surface area (Å²) in [6, 6.07) is 0. The van der Waals surface area contributed by atoms with E-state index in [1.807, 2.05) is 0 Å². The first-order chi connectivity index (χ1) is 7.30. The first kappa shape index (κ1) is 10.9. The third-order valence-electron chi connectivity index (χ3n) is 1.86. The van der Waals surface area contributed by atoms with Crippen LogP contribution in [0, 0.1) is 6.92 Å². The standard InChI is InChI=1S/C7H4F3N3O2S/c1-2-3(4(14)15)16-6-11-5(7(8,9)10)12-13(2)6/h1H3,(H,14,15). The number of aromatic nitrogens is 3. The molecule has 2 heterocycles. The van der Waals surface area contributed by atoms with E-state index in [-0.39, 0.29) is 15.5 Å². The van der Waals surface area contributed by atoms with E-state index in [1.54, 1.807) is 0 Å². The normalized spacial score (nSPS) is 12.2. The number of alkyl halides is 3. The van der Waals surface area contributed by atoms with Gasteiger partial charge in [0, 0.05) is 0 Å². The fourth-order valence-corrected chi connectivity index (χ4v) is 2.06. The maximum absolute atomic E-state index is 12.2. The lowest BCUT2D eigenvalue weighted by Crippen LogP contribution is -2.08. The number of aromatic carboxylic acids is 1. The molecule has 1 N–H and O–H groups in total. The molecule has 2 aromatic heterocycles. The largest absolute Gasteiger partial charge is 0.477 e. The average Bonchev–Trinajstić information content (AvgIpc) is 2.64. The van der Waals surface area contributed by atoms with Gasteiger partial charge in [-0.1, -0.05) is 11.3 Å². The minimum atomic E-state index is -4.62. The maximum Gasteiger partial charge on any atom is 0.453 e. The topological polar surface area (TPSA) is 67.5 Å². The van der Waals surface area contributed by atoms with Gasteiger partial charge in [-0.15, -0.1) is 5.10 Å². The minimum Gasteiger partial charge on any atom is -0.477 e. The number of hydrogen-bond donors (Lipinski definition) is 1. The second-order valence-electron chi connectivity index (χ2n) is 2.95. The zero-order chi connectivity index (χ0) is 12.1. The maximum atomic E-state index is 12.2. The number of hydrogen-bond acceptors (Lipinski definition) is 4. The highest BCUT2D eigenvalue weighted by Crippen LogP contribution is 2.29. The summed E-state index contributed by atoms with van der Waals surface area (Å²) < 4.78 is 37.6. The van der Waals surface area contributed by atoms with Gasteiger partial charge in [-0.25, -0.2) is 9.31 Å². The van der Waals surface area contributed by atoms with Gasteiger partial charge in [-0.2, -0.15) is 18.2 Å². The number of carboxylic acids is 1. The summed E-state index contributed by atoms with van der Waals surface area (Å²) >= 11 is 0.659. The van der Waals surface area contributed by atoms with Gasteiger partial charge in [0.15, 0.2) is 0 Å². The minimum absolute atomic E-state index is 0.0660. The van der Waals surface area contributed by atoms with Crippen molar-refractivity contribution in [2.75, 3.05) is 0 Å². The highest BCUT2D eigenvalue weighted by molar-refractivity contribution is 7.18. The molecule has 0 saturated heterocycles. The lowest BCUT2D eigenvalue weighted by molar-refractivity contribution is -0.144. The van der Waals surface area contributed by atoms with Crippen molar-refractivity contribution in [3.05, 3.63) is 16.4 Å². The Morgan fingerprint density at radius 1 is 1.50 bits per heavy atom. The van der Waals surface area contributed by atoms with Crippen LogP contribution >= 0.6 is 11.3 Å². The molecule has 86 valence electrons. The predicted molar refractivity (Wildman–Crippen MR) is 47.6 cm³/mol. The van der Waals surface area contributed by atoms with Gasteiger partial charge in [0.1, 0.15) is 4.88 Å². The molecule has 0 unspecified atom stereocenters. The molecule has 5 nitrogen and oxygen atoms in total. The van der Waals surface area contributed by atoms with Crippen LogP contribution in [0.1, 0.15) is 21.2 Å². The molecule has 9 heteroatoms. The van der Waals surface area contributed by atoms with Gasteiger partial charge >= 0.3 is 12.1 Å². The van der Waals surface area contributed by atoms with Crippen molar-refractivity contribution < 1.29 is 23.1 Å². The summed E-state index contributed by atoms with van der Waals surface area (Å²) in [5, 5.41) is 11.9. The van der Waals surface area contributed by atoms with Crippen molar-refractivity contribution in [1.29, 1.82) is 0 Å². The number of rotatable bonds is 1. The van der Waals surface area contributed by atoms with E-state index in [0.29, 0.717) is 11.3 Å². The van der Waals surface area contributed by atoms with Gasteiger partial charge in [0.2, 0.25) is 4.96 Å². The summed E-state index contributed by atoms with van der Waals surface area (Å²) in [7, 11) is 0. The molecule has 0 bridgehead atoms. The molecule has 0 saturated carbocycles. The van der Waals surface area contributed by atoms with Crippen molar-refractivity contribution >= 4 is 22.3 Å². The Hall–Kier alpha value is -1.64. The molecule has 2 aromatic rings. The number of carbonyl (C=O) groups is 1. The Morgan fingerprint density at radius 3 is 2.56 bits per heavy atom. The van der Waals surface area contributed by atoms with Crippen LogP contribution in [0.4, 0.5) is 13.2 Å². The second-order valence-corrected chi connectivity index (χ2v) is 3.93. The number of aryl methyl sites for hydroxylation is 1. The Morgan fingerprint density at radius 2 is 2.12 bits per heavy atom. The van der Waals surface area contributed by atoms with Crippen LogP contribution in [0.15, 0.2) is 0 Å². The SMILES string of the molecule is Cc1c(C(=O)O)sc2nc(C(F)(F)F)nn12. The highest BCUT2D eigenvalue weighted by Gasteiger charge is 2.37. The molecule has 0 amide bonds. The number of nitrogens with zero attached hydrogens (tertiary/aromatic N) is 3. The zero-order valence-electron chi connectivity index (χ0n) is 7.74. The van der Waals surface area contributed by atoms with Crippen LogP contribution in [0.25, 0.3) is 4.96 Å². The van der Waals surface area contributed by atoms with Crippen LogP contribution in [0.3, 0.4) is 0 Å². The van der Waals surface area contributed by atoms with Crippen molar-refractivity contribution in [1.82, 2.24) is 14.6 Å². The van der Waals surface area contributed by atoms with Crippen LogP contribution in [-0.2, 0) is 6.18 Å². The van der Waals surface area contributed by atoms with Gasteiger partial charge < -0.3 is 5.11 Å². The molecule has 0 aliphatic heterocycles. The first-order valence-corrected chi connectivity index (χ1v) is 4.79. The molecule has 2 rings (SSSR count). The summed E-state index contributed by atoms with van der Waals surface area (Å²) in [6.45, 7) is 1.38. The van der Waals surface area contributed by atoms with E-state index < -0.39 is 18.0 Å². The van der Waals surface area contributed by atoms with Crippen LogP contribution in [-0.4, -0.2) is 25.7 Å². The monoisotopic (exact) mass is 251 g/mol. The summed E-state index contributed by atoms with van der Waals surface area (Å²) in [6.07, 6.45) is -4.62. The smallest absolute Gasteiger partial charge is 0.453 e. The number of halogens is 3. The predicted octanol–water partition coefficient (Wildman–Crippen LogP) is 1.82. The quantitative estimate of drug-likeness (QED) is 0.839. The molecule has 0 aliphatic carbocycles. The van der Waals surface area contributed by atoms with Crippen LogP contribution in [0.5, 0.6) is 0 Å². The molecular weight excluding hydrogens is 247 g/mol. The Kier molecular flexibility index (Phi) is 2.15. The van der Waals surface area contributed by atoms with Crippen molar-refractivity contribution in [2.24, 2.45) is 0 Å². The Labute approximate surface area is 90.1 Å². The molecule has 0 fully saturated rings. The third-order valence-corrected chi connectivity index (χ3v) is 2.99. The van der Waals surface area contributed by atoms with E-state index in [0.717, 1.165) is 4.52 Å². The second kappa shape index (κ2) is 3.17. The zero-order valence-corrected chi connectivity index (χ0v) is 8.56. The number of carboxylic acid groups (broad SMARTS) is 1. The molecular formula is C7H4F3N3O2S.